The van der Waals surface area contributed by atoms with E-state index < -0.39 is 0 Å². The molecule has 240 valence electrons. The second-order valence-electron chi connectivity index (χ2n) is 13.6. The zero-order chi connectivity index (χ0) is 33.8. The van der Waals surface area contributed by atoms with E-state index in [9.17, 15) is 0 Å². The van der Waals surface area contributed by atoms with Crippen LogP contribution >= 0.6 is 0 Å². The summed E-state index contributed by atoms with van der Waals surface area (Å²) in [6, 6.07) is 51.1. The van der Waals surface area contributed by atoms with Gasteiger partial charge in [-0.2, -0.15) is 0 Å². The van der Waals surface area contributed by atoms with Gasteiger partial charge in [-0.3, -0.25) is 4.98 Å². The summed E-state index contributed by atoms with van der Waals surface area (Å²) in [4.78, 5) is 20.6. The van der Waals surface area contributed by atoms with E-state index in [0.717, 1.165) is 56.3 Å². The van der Waals surface area contributed by atoms with Crippen molar-refractivity contribution >= 4 is 21.5 Å². The fraction of sp³-hybridized carbons (Fsp3) is 0.0638. The highest BCUT2D eigenvalue weighted by Gasteiger charge is 2.52. The molecule has 2 aromatic heterocycles. The first-order valence-electron chi connectivity index (χ1n) is 17.5. The van der Waals surface area contributed by atoms with Gasteiger partial charge in [-0.1, -0.05) is 140 Å². The Hall–Kier alpha value is -6.52. The summed E-state index contributed by atoms with van der Waals surface area (Å²) in [5.74, 6) is 2.32. The van der Waals surface area contributed by atoms with Crippen molar-refractivity contribution in [2.24, 2.45) is 5.92 Å². The molecular weight excluding hydrogens is 621 g/mol. The lowest BCUT2D eigenvalue weighted by Gasteiger charge is -2.15. The molecule has 0 bridgehead atoms. The van der Waals surface area contributed by atoms with Gasteiger partial charge in [0.15, 0.2) is 17.5 Å². The monoisotopic (exact) mass is 652 g/mol. The zero-order valence-electron chi connectivity index (χ0n) is 27.8. The van der Waals surface area contributed by atoms with E-state index in [1.54, 1.807) is 0 Å². The van der Waals surface area contributed by atoms with Crippen LogP contribution in [0.2, 0.25) is 0 Å². The number of hydrogen-bond acceptors (Lipinski definition) is 4. The highest BCUT2D eigenvalue weighted by atomic mass is 15.0. The van der Waals surface area contributed by atoms with Crippen molar-refractivity contribution < 1.29 is 0 Å². The summed E-state index contributed by atoms with van der Waals surface area (Å²) in [7, 11) is 0. The topological polar surface area (TPSA) is 51.6 Å². The normalized spacial score (nSPS) is 17.5. The van der Waals surface area contributed by atoms with Crippen LogP contribution in [-0.4, -0.2) is 19.9 Å². The van der Waals surface area contributed by atoms with Gasteiger partial charge in [0.1, 0.15) is 5.69 Å². The summed E-state index contributed by atoms with van der Waals surface area (Å²) in [6.45, 7) is 0. The van der Waals surface area contributed by atoms with Crippen molar-refractivity contribution in [1.82, 2.24) is 19.9 Å². The van der Waals surface area contributed by atoms with Gasteiger partial charge >= 0.3 is 0 Å². The number of hydrogen-bond donors (Lipinski definition) is 0. The van der Waals surface area contributed by atoms with E-state index >= 15 is 0 Å². The zero-order valence-corrected chi connectivity index (χ0v) is 27.8. The molecule has 0 radical (unpaired) electrons. The van der Waals surface area contributed by atoms with Gasteiger partial charge in [-0.25, -0.2) is 15.0 Å². The molecule has 4 nitrogen and oxygen atoms in total. The van der Waals surface area contributed by atoms with Crippen LogP contribution in [0.3, 0.4) is 0 Å². The number of pyridine rings is 1. The number of rotatable bonds is 6. The van der Waals surface area contributed by atoms with E-state index in [0.29, 0.717) is 23.4 Å². The largest absolute Gasteiger partial charge is 0.253 e. The average molecular weight is 653 g/mol. The van der Waals surface area contributed by atoms with Crippen LogP contribution in [0, 0.1) is 5.92 Å². The smallest absolute Gasteiger partial charge is 0.182 e. The maximum atomic E-state index is 5.27. The molecule has 6 aromatic carbocycles. The quantitative estimate of drug-likeness (QED) is 0.168. The van der Waals surface area contributed by atoms with E-state index in [1.165, 1.54) is 16.3 Å². The van der Waals surface area contributed by atoms with Crippen molar-refractivity contribution in [3.05, 3.63) is 182 Å². The second kappa shape index (κ2) is 11.8. The Morgan fingerprint density at radius 3 is 1.82 bits per heavy atom. The standard InChI is InChI=1S/C47H32N4/c1-3-13-31(14-4-1)34-25-35(32-15-5-2-6-16-32)27-36(26-34)44-49-45(42-28-33-17-7-8-19-39(33)40-20-9-10-21-41(40)42)51-46(50-44)43-23-22-38(30-48-43)47-24-12-11-18-37(47)29-47/h1-28,30,37H,29H2/t37?,47-/m0/s1. The highest BCUT2D eigenvalue weighted by molar-refractivity contribution is 6.13. The summed E-state index contributed by atoms with van der Waals surface area (Å²) in [5.41, 5.74) is 8.36. The Balaban J connectivity index is 1.19. The average Bonchev–Trinajstić information content (AvgIpc) is 3.97. The first-order valence-corrected chi connectivity index (χ1v) is 17.5. The summed E-state index contributed by atoms with van der Waals surface area (Å²) in [5, 5.41) is 4.61. The van der Waals surface area contributed by atoms with Gasteiger partial charge in [-0.05, 0) is 92.0 Å². The van der Waals surface area contributed by atoms with Crippen molar-refractivity contribution in [1.29, 1.82) is 0 Å². The Morgan fingerprint density at radius 2 is 1.12 bits per heavy atom. The third-order valence-electron chi connectivity index (χ3n) is 10.5. The van der Waals surface area contributed by atoms with Crippen LogP contribution in [0.1, 0.15) is 12.0 Å². The van der Waals surface area contributed by atoms with Crippen LogP contribution in [0.15, 0.2) is 176 Å². The van der Waals surface area contributed by atoms with Gasteiger partial charge in [-0.15, -0.1) is 0 Å². The fourth-order valence-electron chi connectivity index (χ4n) is 7.72. The number of benzene rings is 6. The Morgan fingerprint density at radius 1 is 0.490 bits per heavy atom. The molecule has 1 fully saturated rings. The van der Waals surface area contributed by atoms with Crippen molar-refractivity contribution in [2.75, 3.05) is 0 Å². The molecule has 8 aromatic rings. The van der Waals surface area contributed by atoms with Gasteiger partial charge in [0.2, 0.25) is 0 Å². The SMILES string of the molecule is C1=CC2C[C@@]2(c2ccc(-c3nc(-c4cc(-c5ccccc5)cc(-c5ccccc5)c4)nc(-c4cc5ccccc5c5ccccc45)n3)nc2)C=C1. The van der Waals surface area contributed by atoms with Crippen LogP contribution in [0.4, 0.5) is 0 Å². The number of allylic oxidation sites excluding steroid dienone is 4. The number of fused-ring (bicyclic) bond motifs is 4. The van der Waals surface area contributed by atoms with Gasteiger partial charge in [0.25, 0.3) is 0 Å². The van der Waals surface area contributed by atoms with E-state index in [4.69, 9.17) is 19.9 Å². The molecule has 2 aliphatic carbocycles. The first kappa shape index (κ1) is 29.4. The molecule has 2 atom stereocenters. The van der Waals surface area contributed by atoms with Crippen molar-refractivity contribution in [3.8, 4) is 56.5 Å². The molecule has 4 heteroatoms. The Bertz CT molecular complexity index is 2600. The maximum absolute atomic E-state index is 5.27. The molecule has 0 aliphatic heterocycles. The molecule has 51 heavy (non-hydrogen) atoms. The number of nitrogens with zero attached hydrogens (tertiary/aromatic N) is 4. The van der Waals surface area contributed by atoms with Gasteiger partial charge in [0, 0.05) is 22.7 Å². The third kappa shape index (κ3) is 5.15. The van der Waals surface area contributed by atoms with Crippen LogP contribution in [0.25, 0.3) is 78.1 Å². The predicted octanol–water partition coefficient (Wildman–Crippen LogP) is 11.3. The second-order valence-corrected chi connectivity index (χ2v) is 13.6. The Kier molecular flexibility index (Phi) is 6.81. The molecule has 0 spiro atoms. The van der Waals surface area contributed by atoms with Gasteiger partial charge < -0.3 is 0 Å². The lowest BCUT2D eigenvalue weighted by atomic mass is 9.91. The lowest BCUT2D eigenvalue weighted by Crippen LogP contribution is -2.08. The lowest BCUT2D eigenvalue weighted by molar-refractivity contribution is 0.810. The molecular formula is C47H32N4. The molecule has 1 unspecified atom stereocenters. The van der Waals surface area contributed by atoms with E-state index in [1.807, 2.05) is 18.3 Å². The maximum Gasteiger partial charge on any atom is 0.182 e. The van der Waals surface area contributed by atoms with Crippen LogP contribution in [-0.2, 0) is 5.41 Å². The highest BCUT2D eigenvalue weighted by Crippen LogP contribution is 2.57. The molecule has 0 amide bonds. The van der Waals surface area contributed by atoms with E-state index in [-0.39, 0.29) is 5.41 Å². The first-order chi connectivity index (χ1) is 25.2. The number of aromatic nitrogens is 4. The minimum atomic E-state index is 0.0609. The fourth-order valence-corrected chi connectivity index (χ4v) is 7.72. The molecule has 0 saturated heterocycles. The minimum Gasteiger partial charge on any atom is -0.253 e. The molecule has 10 rings (SSSR count). The summed E-state index contributed by atoms with van der Waals surface area (Å²) >= 11 is 0. The van der Waals surface area contributed by atoms with E-state index in [2.05, 4.69) is 158 Å². The molecule has 2 heterocycles. The molecule has 1 saturated carbocycles. The van der Waals surface area contributed by atoms with Crippen molar-refractivity contribution in [3.63, 3.8) is 0 Å². The summed E-state index contributed by atoms with van der Waals surface area (Å²) in [6.07, 6.45) is 12.1. The van der Waals surface area contributed by atoms with Crippen LogP contribution < -0.4 is 0 Å². The van der Waals surface area contributed by atoms with Crippen LogP contribution in [0.5, 0.6) is 0 Å². The van der Waals surface area contributed by atoms with Crippen molar-refractivity contribution in [2.45, 2.75) is 11.8 Å². The Labute approximate surface area is 296 Å². The molecule has 2 aliphatic rings. The molecule has 0 N–H and O–H groups in total. The van der Waals surface area contributed by atoms with Gasteiger partial charge in [0.05, 0.1) is 0 Å². The summed E-state index contributed by atoms with van der Waals surface area (Å²) < 4.78 is 0. The predicted molar refractivity (Wildman–Crippen MR) is 208 cm³/mol. The minimum absolute atomic E-state index is 0.0609. The third-order valence-corrected chi connectivity index (χ3v) is 10.5.